The molecule has 1 N–H and O–H groups in total. The molecule has 4 rings (SSSR count). The predicted octanol–water partition coefficient (Wildman–Crippen LogP) is 2.77. The standard InChI is InChI=1S/C19H21N3O2/c1-21-13-19(14-5-2-3-7-16(14)21)9-11-22(12-10-19)17-8-4-6-15(20-17)18(23)24/h2-8H,9-13H2,1H3,(H,23,24). The van der Waals surface area contributed by atoms with Crippen LogP contribution < -0.4 is 9.80 Å². The van der Waals surface area contributed by atoms with Crippen LogP contribution in [0.15, 0.2) is 42.5 Å². The number of nitrogens with zero attached hydrogens (tertiary/aromatic N) is 3. The van der Waals surface area contributed by atoms with Gasteiger partial charge in [0.1, 0.15) is 5.82 Å². The van der Waals surface area contributed by atoms with E-state index in [1.165, 1.54) is 11.3 Å². The molecule has 2 aliphatic rings. The molecule has 1 fully saturated rings. The first-order valence-corrected chi connectivity index (χ1v) is 8.35. The van der Waals surface area contributed by atoms with Crippen LogP contribution in [0.3, 0.4) is 0 Å². The summed E-state index contributed by atoms with van der Waals surface area (Å²) in [6.07, 6.45) is 2.13. The Kier molecular flexibility index (Phi) is 3.44. The van der Waals surface area contributed by atoms with Gasteiger partial charge in [-0.25, -0.2) is 9.78 Å². The fourth-order valence-corrected chi connectivity index (χ4v) is 4.19. The van der Waals surface area contributed by atoms with Crippen LogP contribution in [0.4, 0.5) is 11.5 Å². The zero-order chi connectivity index (χ0) is 16.7. The van der Waals surface area contributed by atoms with Crippen molar-refractivity contribution in [2.75, 3.05) is 36.5 Å². The summed E-state index contributed by atoms with van der Waals surface area (Å²) in [5.74, 6) is -0.207. The van der Waals surface area contributed by atoms with E-state index in [-0.39, 0.29) is 11.1 Å². The van der Waals surface area contributed by atoms with Gasteiger partial charge >= 0.3 is 5.97 Å². The highest BCUT2D eigenvalue weighted by molar-refractivity contribution is 5.85. The van der Waals surface area contributed by atoms with E-state index in [1.54, 1.807) is 12.1 Å². The van der Waals surface area contributed by atoms with Gasteiger partial charge in [-0.2, -0.15) is 0 Å². The van der Waals surface area contributed by atoms with Crippen LogP contribution in [0.2, 0.25) is 0 Å². The molecule has 0 unspecified atom stereocenters. The zero-order valence-electron chi connectivity index (χ0n) is 13.8. The maximum Gasteiger partial charge on any atom is 0.354 e. The molecule has 0 radical (unpaired) electrons. The van der Waals surface area contributed by atoms with Gasteiger partial charge in [0.05, 0.1) is 0 Å². The number of hydrogen-bond donors (Lipinski definition) is 1. The van der Waals surface area contributed by atoms with Crippen LogP contribution in [-0.2, 0) is 5.41 Å². The maximum absolute atomic E-state index is 11.1. The summed E-state index contributed by atoms with van der Waals surface area (Å²) < 4.78 is 0. The molecule has 0 atom stereocenters. The molecule has 0 aliphatic carbocycles. The van der Waals surface area contributed by atoms with Gasteiger partial charge in [-0.1, -0.05) is 24.3 Å². The normalized spacial score (nSPS) is 18.7. The number of piperidine rings is 1. The number of para-hydroxylation sites is 1. The van der Waals surface area contributed by atoms with Crippen molar-refractivity contribution < 1.29 is 9.90 Å². The second kappa shape index (κ2) is 5.51. The molecule has 1 aromatic heterocycles. The van der Waals surface area contributed by atoms with Gasteiger partial charge < -0.3 is 14.9 Å². The minimum Gasteiger partial charge on any atom is -0.477 e. The van der Waals surface area contributed by atoms with E-state index in [9.17, 15) is 4.79 Å². The van der Waals surface area contributed by atoms with Crippen LogP contribution in [-0.4, -0.2) is 42.7 Å². The smallest absolute Gasteiger partial charge is 0.354 e. The van der Waals surface area contributed by atoms with Crippen LogP contribution in [0.25, 0.3) is 0 Å². The molecular formula is C19H21N3O2. The lowest BCUT2D eigenvalue weighted by Gasteiger charge is -2.40. The van der Waals surface area contributed by atoms with Crippen molar-refractivity contribution >= 4 is 17.5 Å². The number of anilines is 2. The summed E-state index contributed by atoms with van der Waals surface area (Å²) in [4.78, 5) is 20.0. The van der Waals surface area contributed by atoms with Crippen molar-refractivity contribution in [1.82, 2.24) is 4.98 Å². The first-order valence-electron chi connectivity index (χ1n) is 8.35. The predicted molar refractivity (Wildman–Crippen MR) is 94.0 cm³/mol. The molecule has 1 spiro atoms. The Morgan fingerprint density at radius 1 is 1.12 bits per heavy atom. The molecule has 24 heavy (non-hydrogen) atoms. The SMILES string of the molecule is CN1CC2(CCN(c3cccc(C(=O)O)n3)CC2)c2ccccc21. The summed E-state index contributed by atoms with van der Waals surface area (Å²) in [7, 11) is 2.16. The number of fused-ring (bicyclic) bond motifs is 2. The van der Waals surface area contributed by atoms with Crippen LogP contribution in [0.1, 0.15) is 28.9 Å². The number of carboxylic acids is 1. The number of aromatic carboxylic acids is 1. The van der Waals surface area contributed by atoms with E-state index in [0.717, 1.165) is 38.3 Å². The highest BCUT2D eigenvalue weighted by Gasteiger charge is 2.43. The van der Waals surface area contributed by atoms with E-state index in [2.05, 4.69) is 46.1 Å². The maximum atomic E-state index is 11.1. The lowest BCUT2D eigenvalue weighted by atomic mass is 9.74. The minimum atomic E-state index is -0.975. The van der Waals surface area contributed by atoms with Crippen molar-refractivity contribution in [2.24, 2.45) is 0 Å². The van der Waals surface area contributed by atoms with E-state index in [1.807, 2.05) is 6.07 Å². The average molecular weight is 323 g/mol. The van der Waals surface area contributed by atoms with Crippen molar-refractivity contribution in [2.45, 2.75) is 18.3 Å². The fraction of sp³-hybridized carbons (Fsp3) is 0.368. The van der Waals surface area contributed by atoms with Crippen molar-refractivity contribution in [3.8, 4) is 0 Å². The molecule has 0 amide bonds. The van der Waals surface area contributed by atoms with Gasteiger partial charge in [-0.05, 0) is 36.6 Å². The Hall–Kier alpha value is -2.56. The molecule has 1 aromatic carbocycles. The van der Waals surface area contributed by atoms with Crippen molar-refractivity contribution in [3.05, 3.63) is 53.7 Å². The molecule has 0 saturated carbocycles. The van der Waals surface area contributed by atoms with Crippen LogP contribution in [0, 0.1) is 0 Å². The summed E-state index contributed by atoms with van der Waals surface area (Å²) in [6.45, 7) is 2.86. The van der Waals surface area contributed by atoms with E-state index in [0.29, 0.717) is 0 Å². The number of hydrogen-bond acceptors (Lipinski definition) is 4. The Balaban J connectivity index is 1.56. The molecule has 3 heterocycles. The first kappa shape index (κ1) is 15.0. The Morgan fingerprint density at radius 2 is 1.88 bits per heavy atom. The lowest BCUT2D eigenvalue weighted by Crippen LogP contribution is -2.45. The molecule has 124 valence electrons. The number of pyridine rings is 1. The minimum absolute atomic E-state index is 0.110. The average Bonchev–Trinajstić information content (AvgIpc) is 2.88. The molecule has 5 heteroatoms. The van der Waals surface area contributed by atoms with E-state index >= 15 is 0 Å². The molecule has 5 nitrogen and oxygen atoms in total. The summed E-state index contributed by atoms with van der Waals surface area (Å²) >= 11 is 0. The van der Waals surface area contributed by atoms with E-state index < -0.39 is 5.97 Å². The third kappa shape index (κ3) is 2.31. The van der Waals surface area contributed by atoms with Crippen LogP contribution in [0.5, 0.6) is 0 Å². The Morgan fingerprint density at radius 3 is 2.62 bits per heavy atom. The van der Waals surface area contributed by atoms with Crippen molar-refractivity contribution in [1.29, 1.82) is 0 Å². The van der Waals surface area contributed by atoms with Crippen molar-refractivity contribution in [3.63, 3.8) is 0 Å². The number of benzene rings is 1. The number of carbonyl (C=O) groups is 1. The zero-order valence-corrected chi connectivity index (χ0v) is 13.8. The van der Waals surface area contributed by atoms with Gasteiger partial charge in [-0.3, -0.25) is 0 Å². The topological polar surface area (TPSA) is 56.7 Å². The van der Waals surface area contributed by atoms with Gasteiger partial charge in [0.25, 0.3) is 0 Å². The molecule has 1 saturated heterocycles. The highest BCUT2D eigenvalue weighted by Crippen LogP contribution is 2.46. The first-order chi connectivity index (χ1) is 11.6. The second-order valence-electron chi connectivity index (χ2n) is 6.83. The molecule has 2 aliphatic heterocycles. The van der Waals surface area contributed by atoms with Gasteiger partial charge in [0.2, 0.25) is 0 Å². The lowest BCUT2D eigenvalue weighted by molar-refractivity contribution is 0.0690. The molecular weight excluding hydrogens is 302 g/mol. The quantitative estimate of drug-likeness (QED) is 0.921. The van der Waals surface area contributed by atoms with Crippen LogP contribution >= 0.6 is 0 Å². The third-order valence-corrected chi connectivity index (χ3v) is 5.42. The fourth-order valence-electron chi connectivity index (χ4n) is 4.19. The summed E-state index contributed by atoms with van der Waals surface area (Å²) in [5.41, 5.74) is 3.13. The van der Waals surface area contributed by atoms with E-state index in [4.69, 9.17) is 5.11 Å². The summed E-state index contributed by atoms with van der Waals surface area (Å²) in [6, 6.07) is 13.9. The molecule has 2 aromatic rings. The van der Waals surface area contributed by atoms with Gasteiger partial charge in [-0.15, -0.1) is 0 Å². The van der Waals surface area contributed by atoms with Gasteiger partial charge in [0.15, 0.2) is 5.69 Å². The van der Waals surface area contributed by atoms with Gasteiger partial charge in [0, 0.05) is 37.8 Å². The molecule has 0 bridgehead atoms. The largest absolute Gasteiger partial charge is 0.477 e. The second-order valence-corrected chi connectivity index (χ2v) is 6.83. The highest BCUT2D eigenvalue weighted by atomic mass is 16.4. The monoisotopic (exact) mass is 323 g/mol. The summed E-state index contributed by atoms with van der Waals surface area (Å²) in [5, 5.41) is 9.13. The third-order valence-electron chi connectivity index (χ3n) is 5.42. The number of likely N-dealkylation sites (N-methyl/N-ethyl adjacent to an activating group) is 1. The number of rotatable bonds is 2. The number of aromatic nitrogens is 1. The Bertz CT molecular complexity index is 782. The number of carboxylic acid groups (broad SMARTS) is 1. The Labute approximate surface area is 141 Å².